The molecular weight excluding hydrogens is 402 g/mol. The van der Waals surface area contributed by atoms with Crippen molar-refractivity contribution >= 4 is 34.1 Å². The summed E-state index contributed by atoms with van der Waals surface area (Å²) in [5, 5.41) is 14.7. The van der Waals surface area contributed by atoms with E-state index in [4.69, 9.17) is 12.2 Å². The second kappa shape index (κ2) is 8.66. The van der Waals surface area contributed by atoms with Gasteiger partial charge in [-0.15, -0.1) is 0 Å². The molecule has 0 spiro atoms. The first-order valence-corrected chi connectivity index (χ1v) is 10.4. The van der Waals surface area contributed by atoms with Crippen LogP contribution in [0.4, 0.5) is 5.69 Å². The zero-order valence-corrected chi connectivity index (χ0v) is 17.2. The van der Waals surface area contributed by atoms with E-state index >= 15 is 0 Å². The van der Waals surface area contributed by atoms with E-state index in [-0.39, 0.29) is 17.4 Å². The Morgan fingerprint density at radius 2 is 1.87 bits per heavy atom. The lowest BCUT2D eigenvalue weighted by molar-refractivity contribution is -0.384. The number of nitrogens with one attached hydrogen (secondary N) is 2. The molecule has 156 valence electrons. The molecule has 3 aromatic rings. The second-order valence-electron chi connectivity index (χ2n) is 7.44. The predicted molar refractivity (Wildman–Crippen MR) is 120 cm³/mol. The molecule has 0 amide bonds. The van der Waals surface area contributed by atoms with Crippen molar-refractivity contribution in [2.45, 2.75) is 25.3 Å². The minimum Gasteiger partial charge on any atom is -0.362 e. The topological polar surface area (TPSA) is 96.2 Å². The van der Waals surface area contributed by atoms with Crippen molar-refractivity contribution in [3.05, 3.63) is 74.7 Å². The number of aromatic amines is 1. The molecule has 0 saturated carbocycles. The van der Waals surface area contributed by atoms with Crippen LogP contribution in [-0.4, -0.2) is 44.1 Å². The molecule has 1 aliphatic heterocycles. The Balaban J connectivity index is 1.28. The maximum atomic E-state index is 12.4. The third-order valence-corrected chi connectivity index (χ3v) is 5.98. The van der Waals surface area contributed by atoms with Crippen LogP contribution in [0.15, 0.2) is 53.3 Å². The number of rotatable bonds is 5. The average Bonchev–Trinajstić information content (AvgIpc) is 3.10. The molecular formula is C21H23N5O3S. The molecule has 8 nitrogen and oxygen atoms in total. The summed E-state index contributed by atoms with van der Waals surface area (Å²) in [6.45, 7) is 2.25. The van der Waals surface area contributed by atoms with Gasteiger partial charge in [0.1, 0.15) is 0 Å². The molecule has 1 aromatic heterocycles. The summed E-state index contributed by atoms with van der Waals surface area (Å²) in [6, 6.07) is 14.5. The van der Waals surface area contributed by atoms with E-state index < -0.39 is 4.92 Å². The molecule has 0 unspecified atom stereocenters. The van der Waals surface area contributed by atoms with Crippen molar-refractivity contribution in [1.82, 2.24) is 19.8 Å². The quantitative estimate of drug-likeness (QED) is 0.371. The normalized spacial score (nSPS) is 14.7. The van der Waals surface area contributed by atoms with E-state index in [9.17, 15) is 14.9 Å². The first-order valence-electron chi connectivity index (χ1n) is 9.98. The summed E-state index contributed by atoms with van der Waals surface area (Å²) in [5.74, 6) is 0. The number of piperidine rings is 1. The van der Waals surface area contributed by atoms with E-state index in [1.54, 1.807) is 12.1 Å². The number of thiocarbonyl (C=S) groups is 1. The van der Waals surface area contributed by atoms with Crippen molar-refractivity contribution in [2.75, 3.05) is 19.6 Å². The smallest absolute Gasteiger partial charge is 0.326 e. The van der Waals surface area contributed by atoms with Crippen molar-refractivity contribution in [3.8, 4) is 0 Å². The zero-order valence-electron chi connectivity index (χ0n) is 16.4. The zero-order chi connectivity index (χ0) is 21.1. The van der Waals surface area contributed by atoms with E-state index in [1.807, 2.05) is 28.8 Å². The van der Waals surface area contributed by atoms with Gasteiger partial charge >= 0.3 is 5.69 Å². The highest BCUT2D eigenvalue weighted by molar-refractivity contribution is 7.80. The summed E-state index contributed by atoms with van der Waals surface area (Å²) in [6.07, 6.45) is 2.44. The lowest BCUT2D eigenvalue weighted by Gasteiger charge is -2.34. The van der Waals surface area contributed by atoms with E-state index in [1.165, 1.54) is 12.1 Å². The van der Waals surface area contributed by atoms with Gasteiger partial charge in [-0.05, 0) is 49.2 Å². The number of imidazole rings is 1. The number of benzene rings is 2. The van der Waals surface area contributed by atoms with Crippen LogP contribution in [0.25, 0.3) is 11.0 Å². The summed E-state index contributed by atoms with van der Waals surface area (Å²) in [7, 11) is 0. The summed E-state index contributed by atoms with van der Waals surface area (Å²) in [5.41, 5.74) is 2.88. The molecule has 2 heterocycles. The molecule has 0 bridgehead atoms. The van der Waals surface area contributed by atoms with E-state index in [0.29, 0.717) is 11.7 Å². The molecule has 2 aromatic carbocycles. The Kier molecular flexibility index (Phi) is 5.80. The van der Waals surface area contributed by atoms with E-state index in [2.05, 4.69) is 15.2 Å². The van der Waals surface area contributed by atoms with Crippen LogP contribution >= 0.6 is 12.2 Å². The minimum absolute atomic E-state index is 0.0570. The SMILES string of the molecule is O=c1[nH]c2ccccc2n1C1CCN(C(=S)NCCc2ccc([N+](=O)[O-])cc2)CC1. The fourth-order valence-electron chi connectivity index (χ4n) is 3.97. The van der Waals surface area contributed by atoms with Gasteiger partial charge in [0.25, 0.3) is 5.69 Å². The second-order valence-corrected chi connectivity index (χ2v) is 7.83. The number of likely N-dealkylation sites (tertiary alicyclic amines) is 1. The fourth-order valence-corrected chi connectivity index (χ4v) is 4.26. The average molecular weight is 426 g/mol. The van der Waals surface area contributed by atoms with Crippen LogP contribution in [0.3, 0.4) is 0 Å². The highest BCUT2D eigenvalue weighted by Crippen LogP contribution is 2.24. The third kappa shape index (κ3) is 4.20. The molecule has 9 heteroatoms. The van der Waals surface area contributed by atoms with Crippen LogP contribution < -0.4 is 11.0 Å². The van der Waals surface area contributed by atoms with Crippen molar-refractivity contribution in [3.63, 3.8) is 0 Å². The molecule has 1 fully saturated rings. The molecule has 0 atom stereocenters. The lowest BCUT2D eigenvalue weighted by atomic mass is 10.0. The first kappa shape index (κ1) is 20.1. The van der Waals surface area contributed by atoms with Crippen molar-refractivity contribution < 1.29 is 4.92 Å². The first-order chi connectivity index (χ1) is 14.5. The van der Waals surface area contributed by atoms with E-state index in [0.717, 1.165) is 48.9 Å². The predicted octanol–water partition coefficient (Wildman–Crippen LogP) is 2.99. The number of H-pyrrole nitrogens is 1. The Morgan fingerprint density at radius 3 is 2.57 bits per heavy atom. The Bertz CT molecular complexity index is 1110. The monoisotopic (exact) mass is 425 g/mol. The molecule has 0 radical (unpaired) electrons. The van der Waals surface area contributed by atoms with Gasteiger partial charge < -0.3 is 15.2 Å². The molecule has 4 rings (SSSR count). The number of aromatic nitrogens is 2. The van der Waals surface area contributed by atoms with Gasteiger partial charge in [-0.1, -0.05) is 24.3 Å². The number of nitro benzene ring substituents is 1. The largest absolute Gasteiger partial charge is 0.362 e. The molecule has 1 saturated heterocycles. The van der Waals surface area contributed by atoms with Gasteiger partial charge in [-0.2, -0.15) is 0 Å². The van der Waals surface area contributed by atoms with Gasteiger partial charge in [0.05, 0.1) is 16.0 Å². The van der Waals surface area contributed by atoms with Crippen LogP contribution in [0.5, 0.6) is 0 Å². The minimum atomic E-state index is -0.398. The third-order valence-electron chi connectivity index (χ3n) is 5.58. The molecule has 2 N–H and O–H groups in total. The van der Waals surface area contributed by atoms with Gasteiger partial charge in [0.2, 0.25) is 0 Å². The van der Waals surface area contributed by atoms with Crippen LogP contribution in [0, 0.1) is 10.1 Å². The summed E-state index contributed by atoms with van der Waals surface area (Å²) < 4.78 is 1.87. The van der Waals surface area contributed by atoms with Crippen molar-refractivity contribution in [1.29, 1.82) is 0 Å². The highest BCUT2D eigenvalue weighted by atomic mass is 32.1. The maximum absolute atomic E-state index is 12.4. The van der Waals surface area contributed by atoms with Crippen molar-refractivity contribution in [2.24, 2.45) is 0 Å². The fraction of sp³-hybridized carbons (Fsp3) is 0.333. The van der Waals surface area contributed by atoms with Gasteiger partial charge in [0, 0.05) is 37.8 Å². The summed E-state index contributed by atoms with van der Waals surface area (Å²) in [4.78, 5) is 27.8. The standard InChI is InChI=1S/C21H23N5O3S/c27-20-23-18-3-1-2-4-19(18)25(20)16-10-13-24(14-11-16)21(30)22-12-9-15-5-7-17(8-6-15)26(28)29/h1-8,16H,9-14H2,(H,22,30)(H,23,27). The Morgan fingerprint density at radius 1 is 1.17 bits per heavy atom. The van der Waals surface area contributed by atoms with Gasteiger partial charge in [-0.25, -0.2) is 4.79 Å². The number of non-ortho nitro benzene ring substituents is 1. The van der Waals surface area contributed by atoms with Crippen LogP contribution in [0.2, 0.25) is 0 Å². The molecule has 30 heavy (non-hydrogen) atoms. The number of nitrogens with zero attached hydrogens (tertiary/aromatic N) is 3. The lowest BCUT2D eigenvalue weighted by Crippen LogP contribution is -2.45. The highest BCUT2D eigenvalue weighted by Gasteiger charge is 2.24. The van der Waals surface area contributed by atoms with Crippen LogP contribution in [-0.2, 0) is 6.42 Å². The molecule has 1 aliphatic rings. The maximum Gasteiger partial charge on any atom is 0.326 e. The number of fused-ring (bicyclic) bond motifs is 1. The van der Waals surface area contributed by atoms with Crippen LogP contribution in [0.1, 0.15) is 24.4 Å². The number of hydrogen-bond acceptors (Lipinski definition) is 4. The summed E-state index contributed by atoms with van der Waals surface area (Å²) >= 11 is 5.54. The Hall–Kier alpha value is -3.20. The Labute approximate surface area is 178 Å². The number of para-hydroxylation sites is 2. The van der Waals surface area contributed by atoms with Gasteiger partial charge in [-0.3, -0.25) is 14.7 Å². The van der Waals surface area contributed by atoms with Gasteiger partial charge in [0.15, 0.2) is 5.11 Å². The number of nitro groups is 1. The number of hydrogen-bond donors (Lipinski definition) is 2. The molecule has 0 aliphatic carbocycles.